The highest BCUT2D eigenvalue weighted by molar-refractivity contribution is 5.25. The second-order valence-electron chi connectivity index (χ2n) is 5.15. The first-order valence-corrected chi connectivity index (χ1v) is 6.74. The van der Waals surface area contributed by atoms with E-state index in [0.717, 1.165) is 36.4 Å². The first-order chi connectivity index (χ1) is 9.86. The minimum Gasteiger partial charge on any atom is -0.338 e. The van der Waals surface area contributed by atoms with E-state index in [0.29, 0.717) is 6.42 Å². The van der Waals surface area contributed by atoms with Crippen LogP contribution >= 0.6 is 0 Å². The average molecular weight is 297 g/mol. The molecule has 0 aliphatic heterocycles. The molecule has 1 atom stereocenters. The SMILES string of the molecule is Cn1ccnc1CCC(N)Cc1ccc(C(F)(F)F)cc1. The molecular formula is C15H18F3N3. The van der Waals surface area contributed by atoms with Crippen LogP contribution in [-0.4, -0.2) is 15.6 Å². The summed E-state index contributed by atoms with van der Waals surface area (Å²) in [7, 11) is 1.92. The normalized spacial score (nSPS) is 13.4. The van der Waals surface area contributed by atoms with Gasteiger partial charge in [-0.25, -0.2) is 4.98 Å². The number of imidazole rings is 1. The number of alkyl halides is 3. The quantitative estimate of drug-likeness (QED) is 0.922. The van der Waals surface area contributed by atoms with Crippen LogP contribution in [0.15, 0.2) is 36.7 Å². The lowest BCUT2D eigenvalue weighted by molar-refractivity contribution is -0.137. The minimum atomic E-state index is -4.29. The molecule has 0 radical (unpaired) electrons. The molecule has 6 heteroatoms. The molecule has 3 nitrogen and oxygen atoms in total. The third-order valence-electron chi connectivity index (χ3n) is 3.44. The van der Waals surface area contributed by atoms with Crippen molar-refractivity contribution in [3.63, 3.8) is 0 Å². The number of hydrogen-bond donors (Lipinski definition) is 1. The van der Waals surface area contributed by atoms with Crippen LogP contribution in [0.25, 0.3) is 0 Å². The molecule has 1 heterocycles. The van der Waals surface area contributed by atoms with Crippen molar-refractivity contribution >= 4 is 0 Å². The highest BCUT2D eigenvalue weighted by atomic mass is 19.4. The van der Waals surface area contributed by atoms with Gasteiger partial charge in [-0.2, -0.15) is 13.2 Å². The Bertz CT molecular complexity index is 573. The second-order valence-corrected chi connectivity index (χ2v) is 5.15. The van der Waals surface area contributed by atoms with Gasteiger partial charge in [-0.3, -0.25) is 0 Å². The number of nitrogens with two attached hydrogens (primary N) is 1. The topological polar surface area (TPSA) is 43.8 Å². The zero-order valence-electron chi connectivity index (χ0n) is 11.8. The van der Waals surface area contributed by atoms with E-state index in [-0.39, 0.29) is 6.04 Å². The molecule has 2 N–H and O–H groups in total. The van der Waals surface area contributed by atoms with Crippen molar-refractivity contribution in [3.05, 3.63) is 53.6 Å². The Balaban J connectivity index is 1.88. The van der Waals surface area contributed by atoms with Crippen molar-refractivity contribution in [3.8, 4) is 0 Å². The molecule has 0 spiro atoms. The van der Waals surface area contributed by atoms with Crippen molar-refractivity contribution in [2.24, 2.45) is 12.8 Å². The Morgan fingerprint density at radius 1 is 1.24 bits per heavy atom. The fourth-order valence-electron chi connectivity index (χ4n) is 2.19. The third kappa shape index (κ3) is 4.32. The number of nitrogens with zero attached hydrogens (tertiary/aromatic N) is 2. The maximum atomic E-state index is 12.5. The van der Waals surface area contributed by atoms with Crippen molar-refractivity contribution in [2.45, 2.75) is 31.5 Å². The monoisotopic (exact) mass is 297 g/mol. The summed E-state index contributed by atoms with van der Waals surface area (Å²) in [6.45, 7) is 0. The lowest BCUT2D eigenvalue weighted by Crippen LogP contribution is -2.24. The van der Waals surface area contributed by atoms with E-state index in [1.807, 2.05) is 17.8 Å². The number of benzene rings is 1. The van der Waals surface area contributed by atoms with Crippen LogP contribution in [-0.2, 0) is 26.1 Å². The van der Waals surface area contributed by atoms with Gasteiger partial charge in [0, 0.05) is 31.9 Å². The first kappa shape index (κ1) is 15.6. The van der Waals surface area contributed by atoms with E-state index in [4.69, 9.17) is 5.73 Å². The van der Waals surface area contributed by atoms with Gasteiger partial charge in [0.2, 0.25) is 0 Å². The summed E-state index contributed by atoms with van der Waals surface area (Å²) in [6, 6.07) is 5.08. The van der Waals surface area contributed by atoms with E-state index < -0.39 is 11.7 Å². The van der Waals surface area contributed by atoms with Gasteiger partial charge in [0.05, 0.1) is 5.56 Å². The van der Waals surface area contributed by atoms with Gasteiger partial charge in [0.25, 0.3) is 0 Å². The van der Waals surface area contributed by atoms with Gasteiger partial charge in [0.1, 0.15) is 5.82 Å². The summed E-state index contributed by atoms with van der Waals surface area (Å²) in [4.78, 5) is 4.22. The molecular weight excluding hydrogens is 279 g/mol. The second kappa shape index (κ2) is 6.30. The molecule has 0 amide bonds. The third-order valence-corrected chi connectivity index (χ3v) is 3.44. The lowest BCUT2D eigenvalue weighted by Gasteiger charge is -2.12. The standard InChI is InChI=1S/C15H18F3N3/c1-21-9-8-20-14(21)7-6-13(19)10-11-2-4-12(5-3-11)15(16,17)18/h2-5,8-9,13H,6-7,10,19H2,1H3. The average Bonchev–Trinajstić information content (AvgIpc) is 2.81. The first-order valence-electron chi connectivity index (χ1n) is 6.74. The molecule has 0 saturated heterocycles. The van der Waals surface area contributed by atoms with Crippen molar-refractivity contribution < 1.29 is 13.2 Å². The number of rotatable bonds is 5. The predicted octanol–water partition coefficient (Wildman–Crippen LogP) is 2.94. The van der Waals surface area contributed by atoms with E-state index in [1.54, 1.807) is 6.20 Å². The zero-order chi connectivity index (χ0) is 15.5. The minimum absolute atomic E-state index is 0.0987. The summed E-state index contributed by atoms with van der Waals surface area (Å²) in [5.74, 6) is 0.956. The summed E-state index contributed by atoms with van der Waals surface area (Å²) < 4.78 is 39.3. The van der Waals surface area contributed by atoms with Gasteiger partial charge in [0.15, 0.2) is 0 Å². The molecule has 1 aromatic heterocycles. The highest BCUT2D eigenvalue weighted by Gasteiger charge is 2.29. The Morgan fingerprint density at radius 3 is 2.43 bits per heavy atom. The Labute approximate surface area is 121 Å². The Hall–Kier alpha value is -1.82. The van der Waals surface area contributed by atoms with Crippen molar-refractivity contribution in [1.29, 1.82) is 0 Å². The maximum absolute atomic E-state index is 12.5. The van der Waals surface area contributed by atoms with Gasteiger partial charge in [-0.15, -0.1) is 0 Å². The van der Waals surface area contributed by atoms with E-state index in [9.17, 15) is 13.2 Å². The smallest absolute Gasteiger partial charge is 0.338 e. The number of aryl methyl sites for hydroxylation is 2. The molecule has 0 aliphatic rings. The van der Waals surface area contributed by atoms with Gasteiger partial charge in [-0.1, -0.05) is 12.1 Å². The number of halogens is 3. The molecule has 1 aromatic carbocycles. The van der Waals surface area contributed by atoms with Crippen LogP contribution in [0.2, 0.25) is 0 Å². The van der Waals surface area contributed by atoms with E-state index in [2.05, 4.69) is 4.98 Å². The summed E-state index contributed by atoms with van der Waals surface area (Å²) in [5.41, 5.74) is 6.22. The van der Waals surface area contributed by atoms with Crippen molar-refractivity contribution in [1.82, 2.24) is 9.55 Å². The van der Waals surface area contributed by atoms with Crippen LogP contribution in [0, 0.1) is 0 Å². The lowest BCUT2D eigenvalue weighted by atomic mass is 10.0. The highest BCUT2D eigenvalue weighted by Crippen LogP contribution is 2.29. The largest absolute Gasteiger partial charge is 0.416 e. The number of aromatic nitrogens is 2. The molecule has 1 unspecified atom stereocenters. The Morgan fingerprint density at radius 2 is 1.90 bits per heavy atom. The van der Waals surface area contributed by atoms with Crippen LogP contribution < -0.4 is 5.73 Å². The predicted molar refractivity (Wildman–Crippen MR) is 74.7 cm³/mol. The molecule has 2 aromatic rings. The summed E-state index contributed by atoms with van der Waals surface area (Å²) >= 11 is 0. The summed E-state index contributed by atoms with van der Waals surface area (Å²) in [6.07, 6.45) is 1.37. The van der Waals surface area contributed by atoms with Gasteiger partial charge < -0.3 is 10.3 Å². The molecule has 0 bridgehead atoms. The molecule has 0 fully saturated rings. The maximum Gasteiger partial charge on any atom is 0.416 e. The Kier molecular flexibility index (Phi) is 4.67. The fraction of sp³-hybridized carbons (Fsp3) is 0.400. The molecule has 0 aliphatic carbocycles. The molecule has 0 saturated carbocycles. The molecule has 114 valence electrons. The van der Waals surface area contributed by atoms with Crippen LogP contribution in [0.4, 0.5) is 13.2 Å². The van der Waals surface area contributed by atoms with Gasteiger partial charge >= 0.3 is 6.18 Å². The van der Waals surface area contributed by atoms with E-state index in [1.165, 1.54) is 12.1 Å². The van der Waals surface area contributed by atoms with Crippen molar-refractivity contribution in [2.75, 3.05) is 0 Å². The molecule has 2 rings (SSSR count). The summed E-state index contributed by atoms with van der Waals surface area (Å²) in [5, 5.41) is 0. The molecule has 21 heavy (non-hydrogen) atoms. The van der Waals surface area contributed by atoms with Crippen LogP contribution in [0.1, 0.15) is 23.4 Å². The van der Waals surface area contributed by atoms with Crippen LogP contribution in [0.5, 0.6) is 0 Å². The fourth-order valence-corrected chi connectivity index (χ4v) is 2.19. The van der Waals surface area contributed by atoms with E-state index >= 15 is 0 Å². The zero-order valence-corrected chi connectivity index (χ0v) is 11.8. The van der Waals surface area contributed by atoms with Crippen LogP contribution in [0.3, 0.4) is 0 Å². The van der Waals surface area contributed by atoms with Gasteiger partial charge in [-0.05, 0) is 30.5 Å². The number of hydrogen-bond acceptors (Lipinski definition) is 2.